The fourth-order valence-electron chi connectivity index (χ4n) is 0.920. The van der Waals surface area contributed by atoms with E-state index in [4.69, 9.17) is 29.9 Å². The van der Waals surface area contributed by atoms with Crippen LogP contribution in [-0.4, -0.2) is 85.3 Å². The largest absolute Gasteiger partial charge is 0.750 e. The summed E-state index contributed by atoms with van der Waals surface area (Å²) in [6.45, 7) is 8.71. The molecular formula is C8H18KO4SSi. The first-order valence-corrected chi connectivity index (χ1v) is 6.75. The van der Waals surface area contributed by atoms with Crippen LogP contribution in [0.2, 0.25) is 0 Å². The van der Waals surface area contributed by atoms with Gasteiger partial charge in [0.05, 0.1) is 0 Å². The maximum Gasteiger partial charge on any atom is 0.750 e. The predicted molar refractivity (Wildman–Crippen MR) is 65.7 cm³/mol. The van der Waals surface area contributed by atoms with E-state index in [2.05, 4.69) is 0 Å². The Hall–Kier alpha value is 1.62. The van der Waals surface area contributed by atoms with Gasteiger partial charge in [-0.2, -0.15) is 0 Å². The van der Waals surface area contributed by atoms with Gasteiger partial charge in [-0.05, 0) is 33.0 Å². The molecule has 7 heteroatoms. The summed E-state index contributed by atoms with van der Waals surface area (Å²) in [7, 11) is -3.00. The molecule has 0 amide bonds. The van der Waals surface area contributed by atoms with Gasteiger partial charge in [-0.1, -0.05) is 0 Å². The molecule has 1 radical (unpaired) electrons. The first-order valence-electron chi connectivity index (χ1n) is 4.71. The molecule has 0 unspecified atom stereocenters. The zero-order valence-corrected chi connectivity index (χ0v) is 15.1. The molecule has 0 atom stereocenters. The van der Waals surface area contributed by atoms with Crippen LogP contribution in [0.3, 0.4) is 0 Å². The average Bonchev–Trinajstić information content (AvgIpc) is 2.03. The average molecular weight is 277 g/mol. The van der Waals surface area contributed by atoms with Gasteiger partial charge in [0.15, 0.2) is 0 Å². The maximum absolute atomic E-state index is 5.41. The molecule has 0 aromatic carbocycles. The Labute approximate surface area is 141 Å². The van der Waals surface area contributed by atoms with E-state index in [1.807, 2.05) is 20.8 Å². The zero-order chi connectivity index (χ0) is 11.0. The molecular weight excluding hydrogens is 259 g/mol. The van der Waals surface area contributed by atoms with Gasteiger partial charge in [0.2, 0.25) is 0 Å². The van der Waals surface area contributed by atoms with Crippen LogP contribution in [0.4, 0.5) is 0 Å². The molecule has 0 fully saturated rings. The van der Waals surface area contributed by atoms with Crippen molar-refractivity contribution in [1.29, 1.82) is 0 Å². The van der Waals surface area contributed by atoms with Crippen LogP contribution in [0, 0.1) is 0 Å². The van der Waals surface area contributed by atoms with E-state index >= 15 is 0 Å². The minimum Gasteiger partial charge on any atom is -0.474 e. The van der Waals surface area contributed by atoms with Crippen molar-refractivity contribution >= 4 is 77.7 Å². The van der Waals surface area contributed by atoms with Gasteiger partial charge in [0, 0.05) is 78.1 Å². The smallest absolute Gasteiger partial charge is 0.474 e. The molecule has 0 saturated heterocycles. The Bertz CT molecular complexity index is 165. The van der Waals surface area contributed by atoms with E-state index in [-0.39, 0.29) is 51.4 Å². The topological polar surface area (TPSA) is 36.9 Å². The van der Waals surface area contributed by atoms with E-state index in [1.54, 1.807) is 6.92 Å². The van der Waals surface area contributed by atoms with Crippen molar-refractivity contribution in [3.05, 3.63) is 0 Å². The summed E-state index contributed by atoms with van der Waals surface area (Å²) >= 11 is 4.86. The van der Waals surface area contributed by atoms with Crippen LogP contribution >= 0.6 is 12.2 Å². The summed E-state index contributed by atoms with van der Waals surface area (Å²) in [5.74, 6) is 0. The Morgan fingerprint density at radius 2 is 1.33 bits per heavy atom. The summed E-state index contributed by atoms with van der Waals surface area (Å²) in [4.78, 5) is 0. The van der Waals surface area contributed by atoms with Crippen molar-refractivity contribution in [3.8, 4) is 0 Å². The number of hydrogen-bond acceptors (Lipinski definition) is 5. The number of thiocarbonyl (C=S) groups is 1. The molecule has 0 heterocycles. The Kier molecular flexibility index (Phi) is 13.6. The number of rotatable bonds is 7. The minimum absolute atomic E-state index is 0. The fraction of sp³-hybridized carbons (Fsp3) is 0.875. The third-order valence-electron chi connectivity index (χ3n) is 1.23. The Morgan fingerprint density at radius 1 is 1.00 bits per heavy atom. The van der Waals surface area contributed by atoms with Crippen molar-refractivity contribution in [2.75, 3.05) is 19.8 Å². The molecule has 0 aliphatic rings. The maximum atomic E-state index is 5.41. The first-order chi connectivity index (χ1) is 6.60. The van der Waals surface area contributed by atoms with Crippen molar-refractivity contribution in [1.82, 2.24) is 0 Å². The second-order valence-corrected chi connectivity index (χ2v) is 5.04. The van der Waals surface area contributed by atoms with Crippen molar-refractivity contribution in [2.45, 2.75) is 27.7 Å². The third-order valence-corrected chi connectivity index (χ3v) is 3.95. The Morgan fingerprint density at radius 3 is 1.53 bits per heavy atom. The van der Waals surface area contributed by atoms with Crippen molar-refractivity contribution in [3.63, 3.8) is 0 Å². The van der Waals surface area contributed by atoms with Gasteiger partial charge in [0.25, 0.3) is 0 Å². The fourth-order valence-corrected chi connectivity index (χ4v) is 3.07. The van der Waals surface area contributed by atoms with Gasteiger partial charge in [0.1, 0.15) is 5.05 Å². The second kappa shape index (κ2) is 10.8. The van der Waals surface area contributed by atoms with E-state index in [1.165, 1.54) is 0 Å². The summed E-state index contributed by atoms with van der Waals surface area (Å²) < 4.78 is 21.6. The summed E-state index contributed by atoms with van der Waals surface area (Å²) in [5.41, 5.74) is 0. The van der Waals surface area contributed by atoms with Crippen LogP contribution in [0.5, 0.6) is 0 Å². The second-order valence-electron chi connectivity index (χ2n) is 2.39. The van der Waals surface area contributed by atoms with Crippen LogP contribution in [0.1, 0.15) is 27.7 Å². The molecule has 0 saturated carbocycles. The van der Waals surface area contributed by atoms with Crippen molar-refractivity contribution < 1.29 is 17.7 Å². The van der Waals surface area contributed by atoms with Crippen LogP contribution in [-0.2, 0) is 17.7 Å². The zero-order valence-electron chi connectivity index (χ0n) is 10.2. The third kappa shape index (κ3) is 8.36. The van der Waals surface area contributed by atoms with Gasteiger partial charge in [-0.3, -0.25) is 0 Å². The SMILES string of the molecule is CCO[Si](OCC)(OCC)OC(C)=S.[K]. The molecule has 85 valence electrons. The van der Waals surface area contributed by atoms with Crippen molar-refractivity contribution in [2.24, 2.45) is 0 Å². The molecule has 0 spiro atoms. The molecule has 0 aromatic rings. The molecule has 0 aliphatic carbocycles. The van der Waals surface area contributed by atoms with E-state index in [0.29, 0.717) is 24.9 Å². The quantitative estimate of drug-likeness (QED) is 0.521. The molecule has 0 rings (SSSR count). The summed E-state index contributed by atoms with van der Waals surface area (Å²) in [5, 5.41) is 0.381. The summed E-state index contributed by atoms with van der Waals surface area (Å²) in [6, 6.07) is 0. The molecule has 15 heavy (non-hydrogen) atoms. The monoisotopic (exact) mass is 277 g/mol. The van der Waals surface area contributed by atoms with Gasteiger partial charge in [-0.15, -0.1) is 0 Å². The molecule has 0 aliphatic heterocycles. The predicted octanol–water partition coefficient (Wildman–Crippen LogP) is 1.51. The first kappa shape index (κ1) is 19.0. The number of hydrogen-bond donors (Lipinski definition) is 0. The molecule has 0 aromatic heterocycles. The molecule has 0 N–H and O–H groups in total. The van der Waals surface area contributed by atoms with E-state index < -0.39 is 9.05 Å². The van der Waals surface area contributed by atoms with Crippen LogP contribution in [0.15, 0.2) is 0 Å². The standard InChI is InChI=1S/C8H18O4SSi.K/c1-5-9-14(10-6-2,11-7-3)12-8(4)13;/h5-7H2,1-4H3;. The van der Waals surface area contributed by atoms with Gasteiger partial charge >= 0.3 is 9.05 Å². The van der Waals surface area contributed by atoms with Crippen LogP contribution < -0.4 is 0 Å². The Balaban J connectivity index is 0. The van der Waals surface area contributed by atoms with Crippen LogP contribution in [0.25, 0.3) is 0 Å². The van der Waals surface area contributed by atoms with Gasteiger partial charge < -0.3 is 17.7 Å². The van der Waals surface area contributed by atoms with E-state index in [0.717, 1.165) is 0 Å². The molecule has 4 nitrogen and oxygen atoms in total. The summed E-state index contributed by atoms with van der Waals surface area (Å²) in [6.07, 6.45) is 0. The normalized spacial score (nSPS) is 10.7. The minimum atomic E-state index is -3.00. The van der Waals surface area contributed by atoms with Gasteiger partial charge in [-0.25, -0.2) is 0 Å². The van der Waals surface area contributed by atoms with E-state index in [9.17, 15) is 0 Å². The molecule has 0 bridgehead atoms.